The third-order valence-corrected chi connectivity index (χ3v) is 4.64. The summed E-state index contributed by atoms with van der Waals surface area (Å²) in [6.07, 6.45) is 3.85. The summed E-state index contributed by atoms with van der Waals surface area (Å²) >= 11 is 0. The molecule has 30 heavy (non-hydrogen) atoms. The van der Waals surface area contributed by atoms with Crippen LogP contribution >= 0.6 is 0 Å². The number of phenolic OH excluding ortho intramolecular Hbond substituents is 1. The van der Waals surface area contributed by atoms with E-state index in [1.807, 2.05) is 40.1 Å². The van der Waals surface area contributed by atoms with Gasteiger partial charge in [0.25, 0.3) is 0 Å². The van der Waals surface area contributed by atoms with Crippen molar-refractivity contribution in [1.82, 2.24) is 9.88 Å². The molecule has 6 heteroatoms. The summed E-state index contributed by atoms with van der Waals surface area (Å²) < 4.78 is 11.7. The molecule has 1 heterocycles. The number of aromatic hydroxyl groups is 1. The number of phenols is 1. The van der Waals surface area contributed by atoms with Gasteiger partial charge < -0.3 is 19.5 Å². The molecule has 0 saturated carbocycles. The van der Waals surface area contributed by atoms with Gasteiger partial charge in [-0.1, -0.05) is 13.8 Å². The number of pyridine rings is 1. The van der Waals surface area contributed by atoms with Gasteiger partial charge in [0.1, 0.15) is 17.2 Å². The summed E-state index contributed by atoms with van der Waals surface area (Å²) in [6.45, 7) is 7.58. The lowest BCUT2D eigenvalue weighted by Gasteiger charge is -2.15. The number of ketones is 1. The first kappa shape index (κ1) is 23.7. The molecular formula is C24H34N2O4. The molecule has 0 amide bonds. The Hall–Kier alpha value is -2.60. The van der Waals surface area contributed by atoms with Gasteiger partial charge in [0.2, 0.25) is 0 Å². The highest BCUT2D eigenvalue weighted by atomic mass is 16.5. The van der Waals surface area contributed by atoms with Crippen molar-refractivity contribution >= 4 is 5.78 Å². The predicted molar refractivity (Wildman–Crippen MR) is 118 cm³/mol. The molecule has 0 atom stereocenters. The Bertz CT molecular complexity index is 834. The molecule has 0 bridgehead atoms. The number of Topliss-reactive ketones (excluding diaryl/α,β-unsaturated/α-hetero) is 1. The highest BCUT2D eigenvalue weighted by Crippen LogP contribution is 2.32. The normalized spacial score (nSPS) is 11.2. The summed E-state index contributed by atoms with van der Waals surface area (Å²) in [5.74, 6) is 1.65. The minimum absolute atomic E-state index is 0.0199. The van der Waals surface area contributed by atoms with E-state index in [0.29, 0.717) is 36.5 Å². The van der Waals surface area contributed by atoms with Crippen molar-refractivity contribution in [2.24, 2.45) is 5.92 Å². The number of ether oxygens (including phenoxy) is 2. The lowest BCUT2D eigenvalue weighted by atomic mass is 9.98. The SMILES string of the molecule is Cc1c(OCCCCOc2cccnc2CN(C)C)ccc(C(=O)CC(C)C)c1O. The van der Waals surface area contributed by atoms with Crippen LogP contribution in [0.5, 0.6) is 17.2 Å². The number of carbonyl (C=O) groups is 1. The molecule has 0 aliphatic heterocycles. The Morgan fingerprint density at radius 2 is 1.77 bits per heavy atom. The molecule has 1 N–H and O–H groups in total. The van der Waals surface area contributed by atoms with Crippen LogP contribution in [0.15, 0.2) is 30.5 Å². The smallest absolute Gasteiger partial charge is 0.166 e. The topological polar surface area (TPSA) is 71.9 Å². The third kappa shape index (κ3) is 7.02. The average Bonchev–Trinajstić information content (AvgIpc) is 2.67. The molecule has 1 aromatic carbocycles. The van der Waals surface area contributed by atoms with Gasteiger partial charge in [0.15, 0.2) is 5.78 Å². The van der Waals surface area contributed by atoms with Crippen LogP contribution in [0.1, 0.15) is 54.7 Å². The summed E-state index contributed by atoms with van der Waals surface area (Å²) in [5, 5.41) is 10.4. The maximum Gasteiger partial charge on any atom is 0.166 e. The third-order valence-electron chi connectivity index (χ3n) is 4.64. The largest absolute Gasteiger partial charge is 0.507 e. The Morgan fingerprint density at radius 1 is 1.10 bits per heavy atom. The van der Waals surface area contributed by atoms with E-state index >= 15 is 0 Å². The highest BCUT2D eigenvalue weighted by Gasteiger charge is 2.17. The van der Waals surface area contributed by atoms with E-state index in [1.165, 1.54) is 0 Å². The number of hydrogen-bond acceptors (Lipinski definition) is 6. The first-order chi connectivity index (χ1) is 14.3. The zero-order valence-electron chi connectivity index (χ0n) is 18.8. The Kier molecular flexibility index (Phi) is 9.12. The van der Waals surface area contributed by atoms with Gasteiger partial charge in [0, 0.05) is 24.7 Å². The van der Waals surface area contributed by atoms with Crippen molar-refractivity contribution < 1.29 is 19.4 Å². The van der Waals surface area contributed by atoms with Crippen molar-refractivity contribution in [3.8, 4) is 17.2 Å². The van der Waals surface area contributed by atoms with Crippen molar-refractivity contribution in [3.05, 3.63) is 47.3 Å². The molecule has 0 aliphatic rings. The van der Waals surface area contributed by atoms with E-state index in [0.717, 1.165) is 30.8 Å². The average molecular weight is 415 g/mol. The fraction of sp³-hybridized carbons (Fsp3) is 0.500. The van der Waals surface area contributed by atoms with Gasteiger partial charge in [-0.05, 0) is 64.0 Å². The second-order valence-electron chi connectivity index (χ2n) is 8.20. The second kappa shape index (κ2) is 11.6. The van der Waals surface area contributed by atoms with Crippen LogP contribution in [0.4, 0.5) is 0 Å². The zero-order chi connectivity index (χ0) is 22.1. The number of nitrogens with zero attached hydrogens (tertiary/aromatic N) is 2. The lowest BCUT2D eigenvalue weighted by molar-refractivity contribution is 0.0965. The van der Waals surface area contributed by atoms with Crippen LogP contribution in [0.25, 0.3) is 0 Å². The summed E-state index contributed by atoms with van der Waals surface area (Å²) in [4.78, 5) is 18.7. The molecule has 6 nitrogen and oxygen atoms in total. The first-order valence-electron chi connectivity index (χ1n) is 10.5. The van der Waals surface area contributed by atoms with E-state index in [1.54, 1.807) is 25.3 Å². The van der Waals surface area contributed by atoms with E-state index in [4.69, 9.17) is 9.47 Å². The summed E-state index contributed by atoms with van der Waals surface area (Å²) in [6, 6.07) is 7.24. The fourth-order valence-corrected chi connectivity index (χ4v) is 3.09. The van der Waals surface area contributed by atoms with Gasteiger partial charge in [-0.2, -0.15) is 0 Å². The maximum atomic E-state index is 12.2. The van der Waals surface area contributed by atoms with Crippen molar-refractivity contribution in [3.63, 3.8) is 0 Å². The van der Waals surface area contributed by atoms with Gasteiger partial charge in [-0.15, -0.1) is 0 Å². The van der Waals surface area contributed by atoms with Crippen LogP contribution in [0.3, 0.4) is 0 Å². The van der Waals surface area contributed by atoms with Gasteiger partial charge in [-0.3, -0.25) is 9.78 Å². The van der Waals surface area contributed by atoms with Crippen molar-refractivity contribution in [1.29, 1.82) is 0 Å². The maximum absolute atomic E-state index is 12.2. The van der Waals surface area contributed by atoms with Gasteiger partial charge in [-0.25, -0.2) is 0 Å². The number of carbonyl (C=O) groups excluding carboxylic acids is 1. The van der Waals surface area contributed by atoms with E-state index in [-0.39, 0.29) is 17.5 Å². The van der Waals surface area contributed by atoms with Crippen LogP contribution < -0.4 is 9.47 Å². The molecule has 0 radical (unpaired) electrons. The zero-order valence-corrected chi connectivity index (χ0v) is 18.8. The predicted octanol–water partition coefficient (Wildman–Crippen LogP) is 4.62. The van der Waals surface area contributed by atoms with E-state index < -0.39 is 0 Å². The molecule has 1 aromatic heterocycles. The quantitative estimate of drug-likeness (QED) is 0.403. The summed E-state index contributed by atoms with van der Waals surface area (Å²) in [5.41, 5.74) is 1.90. The van der Waals surface area contributed by atoms with Gasteiger partial charge >= 0.3 is 0 Å². The molecule has 2 aromatic rings. The Labute approximate surface area is 179 Å². The van der Waals surface area contributed by atoms with Crippen molar-refractivity contribution in [2.75, 3.05) is 27.3 Å². The van der Waals surface area contributed by atoms with E-state index in [9.17, 15) is 9.90 Å². The van der Waals surface area contributed by atoms with Crippen LogP contribution in [-0.2, 0) is 6.54 Å². The summed E-state index contributed by atoms with van der Waals surface area (Å²) in [7, 11) is 4.00. The number of benzene rings is 1. The highest BCUT2D eigenvalue weighted by molar-refractivity contribution is 5.99. The standard InChI is InChI=1S/C24H34N2O4/c1-17(2)15-21(27)19-10-11-22(18(3)24(19)28)29-13-6-7-14-30-23-9-8-12-25-20(23)16-26(4)5/h8-12,17,28H,6-7,13-16H2,1-5H3. The lowest BCUT2D eigenvalue weighted by Crippen LogP contribution is -2.13. The van der Waals surface area contributed by atoms with Crippen LogP contribution in [0, 0.1) is 12.8 Å². The Morgan fingerprint density at radius 3 is 2.40 bits per heavy atom. The number of rotatable bonds is 12. The molecule has 164 valence electrons. The molecule has 0 unspecified atom stereocenters. The van der Waals surface area contributed by atoms with Crippen LogP contribution in [0.2, 0.25) is 0 Å². The molecular weight excluding hydrogens is 380 g/mol. The molecule has 2 rings (SSSR count). The van der Waals surface area contributed by atoms with Gasteiger partial charge in [0.05, 0.1) is 24.5 Å². The number of aromatic nitrogens is 1. The molecule has 0 saturated heterocycles. The second-order valence-corrected chi connectivity index (χ2v) is 8.20. The van der Waals surface area contributed by atoms with E-state index in [2.05, 4.69) is 9.88 Å². The number of unbranched alkanes of at least 4 members (excludes halogenated alkanes) is 1. The number of hydrogen-bond donors (Lipinski definition) is 1. The molecule has 0 spiro atoms. The fourth-order valence-electron chi connectivity index (χ4n) is 3.09. The Balaban J connectivity index is 1.80. The monoisotopic (exact) mass is 414 g/mol. The molecule has 0 fully saturated rings. The minimum atomic E-state index is -0.0432. The first-order valence-corrected chi connectivity index (χ1v) is 10.5. The minimum Gasteiger partial charge on any atom is -0.507 e. The van der Waals surface area contributed by atoms with Crippen molar-refractivity contribution in [2.45, 2.75) is 46.6 Å². The molecule has 0 aliphatic carbocycles. The van der Waals surface area contributed by atoms with Crippen LogP contribution in [-0.4, -0.2) is 48.1 Å².